The summed E-state index contributed by atoms with van der Waals surface area (Å²) in [6.45, 7) is 4.14. The SMILES string of the molecule is Cc1n[nH]c(C)c1C(NS(=O)(=O)N1CCCC1)C(=O)O. The van der Waals surface area contributed by atoms with E-state index in [-0.39, 0.29) is 0 Å². The second kappa shape index (κ2) is 5.51. The molecule has 2 rings (SSSR count). The number of nitrogens with one attached hydrogen (secondary N) is 2. The molecule has 0 aromatic carbocycles. The zero-order chi connectivity index (χ0) is 14.9. The molecule has 1 saturated heterocycles. The summed E-state index contributed by atoms with van der Waals surface area (Å²) < 4.78 is 27.9. The summed E-state index contributed by atoms with van der Waals surface area (Å²) in [5.41, 5.74) is 1.37. The highest BCUT2D eigenvalue weighted by atomic mass is 32.2. The first-order valence-electron chi connectivity index (χ1n) is 6.34. The van der Waals surface area contributed by atoms with Crippen LogP contribution in [0.2, 0.25) is 0 Å². The van der Waals surface area contributed by atoms with Crippen molar-refractivity contribution in [1.82, 2.24) is 19.2 Å². The summed E-state index contributed by atoms with van der Waals surface area (Å²) in [7, 11) is -3.80. The first-order valence-corrected chi connectivity index (χ1v) is 7.78. The number of nitrogens with zero attached hydrogens (tertiary/aromatic N) is 2. The molecule has 0 radical (unpaired) electrons. The number of hydrogen-bond acceptors (Lipinski definition) is 4. The quantitative estimate of drug-likeness (QED) is 0.712. The summed E-state index contributed by atoms with van der Waals surface area (Å²) in [6, 6.07) is -1.33. The highest BCUT2D eigenvalue weighted by Crippen LogP contribution is 2.22. The predicted molar refractivity (Wildman–Crippen MR) is 71.3 cm³/mol. The van der Waals surface area contributed by atoms with Crippen molar-refractivity contribution in [3.8, 4) is 0 Å². The van der Waals surface area contributed by atoms with Crippen LogP contribution in [0.25, 0.3) is 0 Å². The van der Waals surface area contributed by atoms with E-state index in [9.17, 15) is 18.3 Å². The fourth-order valence-corrected chi connectivity index (χ4v) is 3.77. The highest BCUT2D eigenvalue weighted by Gasteiger charge is 2.33. The number of carboxylic acid groups (broad SMARTS) is 1. The molecule has 112 valence electrons. The molecule has 1 aliphatic heterocycles. The molecule has 1 aromatic heterocycles. The molecule has 2 heterocycles. The van der Waals surface area contributed by atoms with E-state index in [2.05, 4.69) is 14.9 Å². The van der Waals surface area contributed by atoms with E-state index < -0.39 is 22.2 Å². The average Bonchev–Trinajstić information content (AvgIpc) is 2.98. The van der Waals surface area contributed by atoms with Crippen LogP contribution >= 0.6 is 0 Å². The normalized spacial score (nSPS) is 18.3. The Bertz CT molecular complexity index is 584. The van der Waals surface area contributed by atoms with Crippen LogP contribution in [0.4, 0.5) is 0 Å². The minimum Gasteiger partial charge on any atom is -0.480 e. The zero-order valence-electron chi connectivity index (χ0n) is 11.4. The molecule has 1 unspecified atom stereocenters. The van der Waals surface area contributed by atoms with Gasteiger partial charge in [-0.3, -0.25) is 9.89 Å². The average molecular weight is 302 g/mol. The lowest BCUT2D eigenvalue weighted by molar-refractivity contribution is -0.139. The lowest BCUT2D eigenvalue weighted by Crippen LogP contribution is -2.43. The number of carboxylic acids is 1. The number of aromatic nitrogens is 2. The molecule has 0 saturated carbocycles. The van der Waals surface area contributed by atoms with E-state index in [1.165, 1.54) is 4.31 Å². The molecule has 1 aromatic rings. The van der Waals surface area contributed by atoms with Gasteiger partial charge in [-0.2, -0.15) is 22.5 Å². The number of carbonyl (C=O) groups is 1. The van der Waals surface area contributed by atoms with Crippen LogP contribution in [0, 0.1) is 13.8 Å². The van der Waals surface area contributed by atoms with Crippen molar-refractivity contribution < 1.29 is 18.3 Å². The van der Waals surface area contributed by atoms with Gasteiger partial charge in [-0.25, -0.2) is 0 Å². The van der Waals surface area contributed by atoms with Crippen LogP contribution in [0.3, 0.4) is 0 Å². The number of H-pyrrole nitrogens is 1. The van der Waals surface area contributed by atoms with Gasteiger partial charge in [0.1, 0.15) is 6.04 Å². The monoisotopic (exact) mass is 302 g/mol. The lowest BCUT2D eigenvalue weighted by atomic mass is 10.1. The Morgan fingerprint density at radius 1 is 1.40 bits per heavy atom. The van der Waals surface area contributed by atoms with E-state index in [1.807, 2.05) is 0 Å². The van der Waals surface area contributed by atoms with E-state index in [0.29, 0.717) is 30.0 Å². The molecule has 1 fully saturated rings. The van der Waals surface area contributed by atoms with Gasteiger partial charge in [-0.15, -0.1) is 0 Å². The summed E-state index contributed by atoms with van der Waals surface area (Å²) in [4.78, 5) is 11.4. The van der Waals surface area contributed by atoms with Crippen molar-refractivity contribution in [3.63, 3.8) is 0 Å². The Hall–Kier alpha value is -1.45. The Morgan fingerprint density at radius 2 is 2.00 bits per heavy atom. The van der Waals surface area contributed by atoms with Crippen LogP contribution in [-0.4, -0.2) is 47.1 Å². The minimum atomic E-state index is -3.80. The number of aliphatic carboxylic acids is 1. The predicted octanol–water partition coefficient (Wildman–Crippen LogP) is 0.0824. The molecular weight excluding hydrogens is 284 g/mol. The van der Waals surface area contributed by atoms with Crippen molar-refractivity contribution in [1.29, 1.82) is 0 Å². The van der Waals surface area contributed by atoms with Crippen LogP contribution in [0.15, 0.2) is 0 Å². The van der Waals surface area contributed by atoms with Crippen LogP contribution in [0.1, 0.15) is 35.8 Å². The number of aryl methyl sites for hydroxylation is 2. The van der Waals surface area contributed by atoms with Crippen molar-refractivity contribution in [2.75, 3.05) is 13.1 Å². The van der Waals surface area contributed by atoms with Gasteiger partial charge in [-0.05, 0) is 26.7 Å². The molecule has 0 bridgehead atoms. The summed E-state index contributed by atoms with van der Waals surface area (Å²) in [6.07, 6.45) is 1.59. The van der Waals surface area contributed by atoms with Crippen LogP contribution < -0.4 is 4.72 Å². The molecule has 9 heteroatoms. The Morgan fingerprint density at radius 3 is 2.45 bits per heavy atom. The number of rotatable bonds is 5. The molecule has 20 heavy (non-hydrogen) atoms. The molecule has 1 aliphatic rings. The summed E-state index contributed by atoms with van der Waals surface area (Å²) in [5, 5.41) is 15.9. The third kappa shape index (κ3) is 2.84. The van der Waals surface area contributed by atoms with Crippen molar-refractivity contribution in [2.24, 2.45) is 0 Å². The van der Waals surface area contributed by atoms with E-state index >= 15 is 0 Å². The number of aromatic amines is 1. The summed E-state index contributed by atoms with van der Waals surface area (Å²) in [5.74, 6) is -1.25. The maximum Gasteiger partial charge on any atom is 0.326 e. The smallest absolute Gasteiger partial charge is 0.326 e. The van der Waals surface area contributed by atoms with Gasteiger partial charge in [0, 0.05) is 24.3 Å². The van der Waals surface area contributed by atoms with Crippen LogP contribution in [0.5, 0.6) is 0 Å². The second-order valence-electron chi connectivity index (χ2n) is 4.85. The summed E-state index contributed by atoms with van der Waals surface area (Å²) >= 11 is 0. The highest BCUT2D eigenvalue weighted by molar-refractivity contribution is 7.87. The molecule has 0 spiro atoms. The van der Waals surface area contributed by atoms with Gasteiger partial charge in [0.05, 0.1) is 5.69 Å². The van der Waals surface area contributed by atoms with Gasteiger partial charge in [0.2, 0.25) is 0 Å². The maximum atomic E-state index is 12.2. The minimum absolute atomic E-state index is 0.361. The maximum absolute atomic E-state index is 12.2. The molecule has 0 aliphatic carbocycles. The fourth-order valence-electron chi connectivity index (χ4n) is 2.37. The molecule has 3 N–H and O–H groups in total. The van der Waals surface area contributed by atoms with Crippen molar-refractivity contribution in [3.05, 3.63) is 17.0 Å². The Labute approximate surface area is 117 Å². The van der Waals surface area contributed by atoms with Gasteiger partial charge in [0.15, 0.2) is 0 Å². The largest absolute Gasteiger partial charge is 0.480 e. The number of hydrogen-bond donors (Lipinski definition) is 3. The van der Waals surface area contributed by atoms with E-state index in [1.54, 1.807) is 13.8 Å². The topological polar surface area (TPSA) is 115 Å². The third-order valence-corrected chi connectivity index (χ3v) is 4.97. The Kier molecular flexibility index (Phi) is 4.11. The molecule has 1 atom stereocenters. The first kappa shape index (κ1) is 14.9. The second-order valence-corrected chi connectivity index (χ2v) is 6.55. The third-order valence-electron chi connectivity index (χ3n) is 3.39. The van der Waals surface area contributed by atoms with Gasteiger partial charge >= 0.3 is 5.97 Å². The van der Waals surface area contributed by atoms with Crippen LogP contribution in [-0.2, 0) is 15.0 Å². The fraction of sp³-hybridized carbons (Fsp3) is 0.636. The molecule has 0 amide bonds. The van der Waals surface area contributed by atoms with Crippen molar-refractivity contribution in [2.45, 2.75) is 32.7 Å². The standard InChI is InChI=1S/C11H18N4O4S/c1-7-9(8(2)13-12-7)10(11(16)17)14-20(18,19)15-5-3-4-6-15/h10,14H,3-6H2,1-2H3,(H,12,13)(H,16,17). The Balaban J connectivity index is 2.29. The van der Waals surface area contributed by atoms with E-state index in [4.69, 9.17) is 0 Å². The van der Waals surface area contributed by atoms with Gasteiger partial charge in [-0.1, -0.05) is 0 Å². The zero-order valence-corrected chi connectivity index (χ0v) is 12.2. The molecular formula is C11H18N4O4S. The van der Waals surface area contributed by atoms with Gasteiger partial charge in [0.25, 0.3) is 10.2 Å². The van der Waals surface area contributed by atoms with Gasteiger partial charge < -0.3 is 5.11 Å². The van der Waals surface area contributed by atoms with Crippen molar-refractivity contribution >= 4 is 16.2 Å². The first-order chi connectivity index (χ1) is 9.33. The lowest BCUT2D eigenvalue weighted by Gasteiger charge is -2.20. The molecule has 8 nitrogen and oxygen atoms in total. The van der Waals surface area contributed by atoms with E-state index in [0.717, 1.165) is 12.8 Å².